The third-order valence-corrected chi connectivity index (χ3v) is 3.99. The zero-order valence-electron chi connectivity index (χ0n) is 11.7. The van der Waals surface area contributed by atoms with Crippen molar-refractivity contribution in [1.29, 1.82) is 0 Å². The van der Waals surface area contributed by atoms with E-state index in [9.17, 15) is 9.18 Å². The van der Waals surface area contributed by atoms with Crippen LogP contribution in [0.3, 0.4) is 0 Å². The molecule has 0 atom stereocenters. The number of benzene rings is 2. The minimum atomic E-state index is -0.342. The lowest BCUT2D eigenvalue weighted by atomic mass is 10.1. The van der Waals surface area contributed by atoms with E-state index in [1.54, 1.807) is 18.7 Å². The van der Waals surface area contributed by atoms with Crippen LogP contribution in [0.1, 0.15) is 15.9 Å². The molecule has 0 spiro atoms. The van der Waals surface area contributed by atoms with E-state index in [-0.39, 0.29) is 11.7 Å². The monoisotopic (exact) mass is 301 g/mol. The minimum absolute atomic E-state index is 0.237. The highest BCUT2D eigenvalue weighted by atomic mass is 32.2. The summed E-state index contributed by atoms with van der Waals surface area (Å²) in [5.41, 5.74) is 1.83. The van der Waals surface area contributed by atoms with Crippen molar-refractivity contribution in [2.24, 2.45) is 0 Å². The van der Waals surface area contributed by atoms with Gasteiger partial charge in [0.1, 0.15) is 5.82 Å². The lowest BCUT2D eigenvalue weighted by Gasteiger charge is -2.11. The van der Waals surface area contributed by atoms with Gasteiger partial charge in [-0.15, -0.1) is 18.3 Å². The molecular weight excluding hydrogens is 285 g/mol. The smallest absolute Gasteiger partial charge is 0.255 e. The third-order valence-electron chi connectivity index (χ3n) is 2.93. The van der Waals surface area contributed by atoms with Crippen molar-refractivity contribution in [1.82, 2.24) is 0 Å². The molecule has 1 N–H and O–H groups in total. The van der Waals surface area contributed by atoms with Crippen LogP contribution in [0.15, 0.2) is 60.0 Å². The van der Waals surface area contributed by atoms with Crippen LogP contribution in [0.2, 0.25) is 0 Å². The topological polar surface area (TPSA) is 29.1 Å². The number of nitrogens with one attached hydrogen (secondary N) is 1. The Bertz CT molecular complexity index is 670. The molecular formula is C17H16FNOS. The quantitative estimate of drug-likeness (QED) is 0.642. The van der Waals surface area contributed by atoms with E-state index in [1.807, 2.05) is 30.3 Å². The van der Waals surface area contributed by atoms with E-state index in [4.69, 9.17) is 0 Å². The van der Waals surface area contributed by atoms with Crippen molar-refractivity contribution >= 4 is 23.4 Å². The Kier molecular flexibility index (Phi) is 5.17. The molecule has 0 aliphatic heterocycles. The van der Waals surface area contributed by atoms with Crippen molar-refractivity contribution in [3.05, 3.63) is 72.1 Å². The van der Waals surface area contributed by atoms with Gasteiger partial charge in [0, 0.05) is 16.2 Å². The number of amides is 1. The Balaban J connectivity index is 2.21. The molecule has 1 amide bonds. The van der Waals surface area contributed by atoms with E-state index in [0.29, 0.717) is 11.1 Å². The molecule has 0 unspecified atom stereocenters. The van der Waals surface area contributed by atoms with E-state index < -0.39 is 0 Å². The van der Waals surface area contributed by atoms with Gasteiger partial charge in [0.2, 0.25) is 0 Å². The van der Waals surface area contributed by atoms with E-state index in [2.05, 4.69) is 11.9 Å². The fraction of sp³-hybridized carbons (Fsp3) is 0.118. The molecule has 2 rings (SSSR count). The first-order chi connectivity index (χ1) is 10.1. The van der Waals surface area contributed by atoms with Gasteiger partial charge in [-0.05, 0) is 42.8 Å². The summed E-state index contributed by atoms with van der Waals surface area (Å²) in [6, 6.07) is 11.7. The lowest BCUT2D eigenvalue weighted by molar-refractivity contribution is 0.102. The number of carbonyl (C=O) groups is 1. The molecule has 0 heterocycles. The van der Waals surface area contributed by atoms with Gasteiger partial charge in [-0.25, -0.2) is 4.39 Å². The number of hydrogen-bond acceptors (Lipinski definition) is 2. The van der Waals surface area contributed by atoms with Crippen LogP contribution in [-0.4, -0.2) is 11.7 Å². The van der Waals surface area contributed by atoms with E-state index in [0.717, 1.165) is 16.3 Å². The van der Waals surface area contributed by atoms with Crippen LogP contribution in [0, 0.1) is 12.7 Å². The van der Waals surface area contributed by atoms with Crippen LogP contribution < -0.4 is 5.32 Å². The maximum Gasteiger partial charge on any atom is 0.255 e. The van der Waals surface area contributed by atoms with Gasteiger partial charge in [0.25, 0.3) is 5.91 Å². The Labute approximate surface area is 128 Å². The largest absolute Gasteiger partial charge is 0.321 e. The summed E-state index contributed by atoms with van der Waals surface area (Å²) in [6.45, 7) is 5.41. The van der Waals surface area contributed by atoms with Crippen LogP contribution in [0.25, 0.3) is 0 Å². The first-order valence-corrected chi connectivity index (χ1v) is 7.50. The first kappa shape index (κ1) is 15.3. The predicted molar refractivity (Wildman–Crippen MR) is 86.5 cm³/mol. The highest BCUT2D eigenvalue weighted by Crippen LogP contribution is 2.27. The molecule has 0 fully saturated rings. The van der Waals surface area contributed by atoms with Gasteiger partial charge in [0.15, 0.2) is 0 Å². The molecule has 0 aromatic heterocycles. The number of rotatable bonds is 5. The standard InChI is InChI=1S/C17H16FNOS/c1-3-10-21-16-7-5-4-6-15(16)19-17(20)14-9-8-13(18)11-12(14)2/h3-9,11H,1,10H2,2H3,(H,19,20). The molecule has 0 bridgehead atoms. The number of para-hydroxylation sites is 1. The third kappa shape index (κ3) is 3.95. The lowest BCUT2D eigenvalue weighted by Crippen LogP contribution is -2.14. The molecule has 4 heteroatoms. The van der Waals surface area contributed by atoms with Gasteiger partial charge in [-0.3, -0.25) is 4.79 Å². The summed E-state index contributed by atoms with van der Waals surface area (Å²) in [4.78, 5) is 13.3. The molecule has 2 nitrogen and oxygen atoms in total. The average molecular weight is 301 g/mol. The molecule has 0 aliphatic rings. The van der Waals surface area contributed by atoms with Crippen molar-refractivity contribution in [3.63, 3.8) is 0 Å². The molecule has 21 heavy (non-hydrogen) atoms. The normalized spacial score (nSPS) is 10.2. The Morgan fingerprint density at radius 2 is 2.10 bits per heavy atom. The van der Waals surface area contributed by atoms with Gasteiger partial charge in [0.05, 0.1) is 5.69 Å². The average Bonchev–Trinajstić information content (AvgIpc) is 2.46. The number of thioether (sulfide) groups is 1. The summed E-state index contributed by atoms with van der Waals surface area (Å²) in [5, 5.41) is 2.88. The van der Waals surface area contributed by atoms with Crippen LogP contribution in [0.5, 0.6) is 0 Å². The summed E-state index contributed by atoms with van der Waals surface area (Å²) in [7, 11) is 0. The van der Waals surface area contributed by atoms with Crippen molar-refractivity contribution in [3.8, 4) is 0 Å². The zero-order chi connectivity index (χ0) is 15.2. The first-order valence-electron chi connectivity index (χ1n) is 6.52. The fourth-order valence-corrected chi connectivity index (χ4v) is 2.66. The highest BCUT2D eigenvalue weighted by molar-refractivity contribution is 7.99. The molecule has 0 saturated heterocycles. The zero-order valence-corrected chi connectivity index (χ0v) is 12.5. The Hall–Kier alpha value is -2.07. The SMILES string of the molecule is C=CCSc1ccccc1NC(=O)c1ccc(F)cc1C. The number of hydrogen-bond donors (Lipinski definition) is 1. The van der Waals surface area contributed by atoms with Gasteiger partial charge >= 0.3 is 0 Å². The van der Waals surface area contributed by atoms with Crippen LogP contribution in [0.4, 0.5) is 10.1 Å². The summed E-state index contributed by atoms with van der Waals surface area (Å²) in [5.74, 6) is 0.188. The van der Waals surface area contributed by atoms with Crippen LogP contribution in [-0.2, 0) is 0 Å². The Morgan fingerprint density at radius 3 is 2.81 bits per heavy atom. The molecule has 0 saturated carbocycles. The summed E-state index contributed by atoms with van der Waals surface area (Å²) in [6.07, 6.45) is 1.81. The van der Waals surface area contributed by atoms with Gasteiger partial charge in [-0.1, -0.05) is 18.2 Å². The number of carbonyl (C=O) groups excluding carboxylic acids is 1. The molecule has 2 aromatic rings. The maximum atomic E-state index is 13.1. The number of aryl methyl sites for hydroxylation is 1. The summed E-state index contributed by atoms with van der Waals surface area (Å²) >= 11 is 1.60. The highest BCUT2D eigenvalue weighted by Gasteiger charge is 2.11. The molecule has 0 aliphatic carbocycles. The fourth-order valence-electron chi connectivity index (χ4n) is 1.92. The second-order valence-corrected chi connectivity index (χ2v) is 5.57. The second-order valence-electron chi connectivity index (χ2n) is 4.51. The number of halogens is 1. The maximum absolute atomic E-state index is 13.1. The van der Waals surface area contributed by atoms with E-state index in [1.165, 1.54) is 18.2 Å². The Morgan fingerprint density at radius 1 is 1.33 bits per heavy atom. The van der Waals surface area contributed by atoms with E-state index >= 15 is 0 Å². The number of anilines is 1. The second kappa shape index (κ2) is 7.09. The summed E-state index contributed by atoms with van der Waals surface area (Å²) < 4.78 is 13.1. The molecule has 2 aromatic carbocycles. The van der Waals surface area contributed by atoms with Crippen molar-refractivity contribution in [2.45, 2.75) is 11.8 Å². The predicted octanol–water partition coefficient (Wildman–Crippen LogP) is 4.66. The van der Waals surface area contributed by atoms with Crippen molar-refractivity contribution in [2.75, 3.05) is 11.1 Å². The van der Waals surface area contributed by atoms with Gasteiger partial charge in [-0.2, -0.15) is 0 Å². The van der Waals surface area contributed by atoms with Crippen molar-refractivity contribution < 1.29 is 9.18 Å². The van der Waals surface area contributed by atoms with Gasteiger partial charge < -0.3 is 5.32 Å². The van der Waals surface area contributed by atoms with Crippen LogP contribution >= 0.6 is 11.8 Å². The molecule has 0 radical (unpaired) electrons. The minimum Gasteiger partial charge on any atom is -0.321 e. The molecule has 108 valence electrons.